The summed E-state index contributed by atoms with van der Waals surface area (Å²) in [7, 11) is -3.71. The summed E-state index contributed by atoms with van der Waals surface area (Å²) in [4.78, 5) is 12.9. The lowest BCUT2D eigenvalue weighted by molar-refractivity contribution is -0.116. The molecule has 2 aromatic rings. The van der Waals surface area contributed by atoms with Crippen molar-refractivity contribution in [3.63, 3.8) is 0 Å². The molecule has 4 rings (SSSR count). The Bertz CT molecular complexity index is 1070. The maximum atomic E-state index is 12.9. The molecule has 1 saturated carbocycles. The molecule has 1 aromatic carbocycles. The molecule has 0 bridgehead atoms. The molecule has 6 heteroatoms. The number of hydrogen-bond acceptors (Lipinski definition) is 5. The van der Waals surface area contributed by atoms with Gasteiger partial charge in [0, 0.05) is 6.42 Å². The predicted octanol–water partition coefficient (Wildman–Crippen LogP) is 4.56. The van der Waals surface area contributed by atoms with Crippen LogP contribution >= 0.6 is 11.3 Å². The van der Waals surface area contributed by atoms with Gasteiger partial charge in [0.05, 0.1) is 5.60 Å². The van der Waals surface area contributed by atoms with Gasteiger partial charge in [-0.05, 0) is 97.1 Å². The molecular weight excluding hydrogens is 416 g/mol. The van der Waals surface area contributed by atoms with Crippen molar-refractivity contribution < 1.29 is 18.3 Å². The van der Waals surface area contributed by atoms with Gasteiger partial charge in [-0.2, -0.15) is 0 Å². The van der Waals surface area contributed by atoms with Crippen LogP contribution in [0.15, 0.2) is 27.8 Å². The minimum Gasteiger partial charge on any atom is -0.386 e. The molecule has 1 unspecified atom stereocenters. The number of ketones is 1. The number of aryl methyl sites for hydroxylation is 1. The van der Waals surface area contributed by atoms with Gasteiger partial charge in [-0.1, -0.05) is 19.1 Å². The van der Waals surface area contributed by atoms with Gasteiger partial charge in [0.1, 0.15) is 9.96 Å². The molecule has 0 radical (unpaired) electrons. The zero-order valence-electron chi connectivity index (χ0n) is 17.9. The molecule has 0 saturated heterocycles. The number of hydrogen-bond donors (Lipinski definition) is 1. The van der Waals surface area contributed by atoms with Crippen molar-refractivity contribution in [2.24, 2.45) is 5.92 Å². The number of Topliss-reactive ketones (excluding diaryl/α,β-unsaturated/α-hetero) is 1. The van der Waals surface area contributed by atoms with Crippen molar-refractivity contribution in [3.8, 4) is 0 Å². The number of benzene rings is 1. The van der Waals surface area contributed by atoms with E-state index in [1.54, 1.807) is 19.2 Å². The highest BCUT2D eigenvalue weighted by Crippen LogP contribution is 2.44. The minimum atomic E-state index is -3.71. The van der Waals surface area contributed by atoms with Gasteiger partial charge in [-0.15, -0.1) is 11.3 Å². The smallest absolute Gasteiger partial charge is 0.194 e. The van der Waals surface area contributed by atoms with Crippen LogP contribution in [0.5, 0.6) is 0 Å². The van der Waals surface area contributed by atoms with Gasteiger partial charge < -0.3 is 5.11 Å². The van der Waals surface area contributed by atoms with E-state index in [0.717, 1.165) is 36.2 Å². The van der Waals surface area contributed by atoms with E-state index in [4.69, 9.17) is 0 Å². The van der Waals surface area contributed by atoms with E-state index in [1.165, 1.54) is 35.6 Å². The second-order valence-electron chi connectivity index (χ2n) is 9.44. The molecule has 1 N–H and O–H groups in total. The highest BCUT2D eigenvalue weighted by atomic mass is 32.2. The molecule has 1 fully saturated rings. The first-order valence-corrected chi connectivity index (χ1v) is 13.3. The quantitative estimate of drug-likeness (QED) is 0.645. The van der Waals surface area contributed by atoms with Crippen molar-refractivity contribution in [1.29, 1.82) is 0 Å². The number of rotatable bonds is 8. The highest BCUT2D eigenvalue weighted by Gasteiger charge is 2.33. The molecule has 4 nitrogen and oxygen atoms in total. The monoisotopic (exact) mass is 446 g/mol. The summed E-state index contributed by atoms with van der Waals surface area (Å²) in [5.74, 6) is 0.368. The van der Waals surface area contributed by atoms with E-state index in [-0.39, 0.29) is 16.4 Å². The Kier molecular flexibility index (Phi) is 5.71. The van der Waals surface area contributed by atoms with Crippen LogP contribution in [-0.2, 0) is 39.5 Å². The first kappa shape index (κ1) is 21.7. The highest BCUT2D eigenvalue weighted by molar-refractivity contribution is 7.94. The Balaban J connectivity index is 1.57. The largest absolute Gasteiger partial charge is 0.386 e. The van der Waals surface area contributed by atoms with Crippen LogP contribution in [0, 0.1) is 5.92 Å². The average molecular weight is 447 g/mol. The van der Waals surface area contributed by atoms with Crippen molar-refractivity contribution in [1.82, 2.24) is 0 Å². The van der Waals surface area contributed by atoms with Crippen LogP contribution in [0.25, 0.3) is 0 Å². The number of carbonyl (C=O) groups is 1. The van der Waals surface area contributed by atoms with E-state index in [9.17, 15) is 18.3 Å². The lowest BCUT2D eigenvalue weighted by atomic mass is 9.86. The Morgan fingerprint density at radius 2 is 2.00 bits per heavy atom. The van der Waals surface area contributed by atoms with Crippen molar-refractivity contribution in [2.45, 2.75) is 75.0 Å². The Morgan fingerprint density at radius 1 is 1.27 bits per heavy atom. The van der Waals surface area contributed by atoms with Gasteiger partial charge >= 0.3 is 0 Å². The van der Waals surface area contributed by atoms with Crippen molar-refractivity contribution in [2.75, 3.05) is 5.75 Å². The van der Waals surface area contributed by atoms with Gasteiger partial charge in [-0.3, -0.25) is 4.79 Å². The number of aliphatic hydroxyl groups is 1. The molecule has 1 aromatic heterocycles. The summed E-state index contributed by atoms with van der Waals surface area (Å²) in [6, 6.07) is 5.89. The molecule has 2 aliphatic carbocycles. The summed E-state index contributed by atoms with van der Waals surface area (Å²) in [5.41, 5.74) is 4.39. The number of carbonyl (C=O) groups excluding carboxylic acids is 1. The molecule has 2 aliphatic rings. The average Bonchev–Trinajstić information content (AvgIpc) is 3.16. The maximum Gasteiger partial charge on any atom is 0.194 e. The molecule has 1 atom stereocenters. The Morgan fingerprint density at radius 3 is 2.63 bits per heavy atom. The lowest BCUT2D eigenvalue weighted by Crippen LogP contribution is -2.20. The zero-order chi connectivity index (χ0) is 21.7. The first-order chi connectivity index (χ1) is 14.1. The predicted molar refractivity (Wildman–Crippen MR) is 120 cm³/mol. The van der Waals surface area contributed by atoms with E-state index in [0.29, 0.717) is 17.4 Å². The molecule has 0 spiro atoms. The van der Waals surface area contributed by atoms with Crippen LogP contribution < -0.4 is 0 Å². The molecule has 162 valence electrons. The fourth-order valence-corrected chi connectivity index (χ4v) is 7.25. The number of thiophene rings is 1. The second-order valence-corrected chi connectivity index (χ2v) is 12.6. The SMILES string of the molecule is CC(c1ccc2c(c1CC(=O)CS(=O)(=O)c1cc(C(C)(C)O)cs1)CCC2)C1CC1. The van der Waals surface area contributed by atoms with Gasteiger partial charge in [-0.25, -0.2) is 8.42 Å². The van der Waals surface area contributed by atoms with E-state index in [1.807, 2.05) is 0 Å². The van der Waals surface area contributed by atoms with E-state index < -0.39 is 21.2 Å². The van der Waals surface area contributed by atoms with Crippen LogP contribution in [0.4, 0.5) is 0 Å². The van der Waals surface area contributed by atoms with Gasteiger partial charge in [0.25, 0.3) is 0 Å². The second kappa shape index (κ2) is 7.88. The first-order valence-electron chi connectivity index (χ1n) is 10.8. The molecule has 0 aliphatic heterocycles. The zero-order valence-corrected chi connectivity index (χ0v) is 19.5. The normalized spacial score (nSPS) is 17.7. The lowest BCUT2D eigenvalue weighted by Gasteiger charge is -2.19. The fourth-order valence-electron chi connectivity index (χ4n) is 4.58. The molecule has 0 amide bonds. The fraction of sp³-hybridized carbons (Fsp3) is 0.542. The third-order valence-corrected chi connectivity index (χ3v) is 9.78. The van der Waals surface area contributed by atoms with Crippen LogP contribution in [-0.4, -0.2) is 25.1 Å². The summed E-state index contributed by atoms with van der Waals surface area (Å²) in [6.45, 7) is 5.48. The topological polar surface area (TPSA) is 71.4 Å². The Labute approximate surface area is 183 Å². The van der Waals surface area contributed by atoms with Gasteiger partial charge in [0.2, 0.25) is 0 Å². The van der Waals surface area contributed by atoms with Crippen LogP contribution in [0.1, 0.15) is 73.8 Å². The molecule has 1 heterocycles. The molecular formula is C24H30O4S2. The van der Waals surface area contributed by atoms with E-state index >= 15 is 0 Å². The van der Waals surface area contributed by atoms with Gasteiger partial charge in [0.15, 0.2) is 15.6 Å². The third kappa shape index (κ3) is 4.41. The van der Waals surface area contributed by atoms with Crippen molar-refractivity contribution in [3.05, 3.63) is 51.4 Å². The minimum absolute atomic E-state index is 0.151. The van der Waals surface area contributed by atoms with Crippen LogP contribution in [0.2, 0.25) is 0 Å². The Hall–Kier alpha value is -1.50. The van der Waals surface area contributed by atoms with Crippen LogP contribution in [0.3, 0.4) is 0 Å². The summed E-state index contributed by atoms with van der Waals surface area (Å²) >= 11 is 1.07. The summed E-state index contributed by atoms with van der Waals surface area (Å²) in [6.07, 6.45) is 5.80. The number of sulfone groups is 1. The number of fused-ring (bicyclic) bond motifs is 1. The van der Waals surface area contributed by atoms with E-state index in [2.05, 4.69) is 19.1 Å². The molecule has 30 heavy (non-hydrogen) atoms. The summed E-state index contributed by atoms with van der Waals surface area (Å²) in [5, 5.41) is 11.8. The maximum absolute atomic E-state index is 12.9. The third-order valence-electron chi connectivity index (χ3n) is 6.57. The standard InChI is InChI=1S/C24H30O4S2/c1-15(16-7-8-16)20-10-9-17-5-4-6-21(17)22(20)12-19(25)14-30(27,28)23-11-18(13-29-23)24(2,3)26/h9-11,13,15-16,26H,4-8,12,14H2,1-3H3. The van der Waals surface area contributed by atoms with Crippen molar-refractivity contribution >= 4 is 27.0 Å². The summed E-state index contributed by atoms with van der Waals surface area (Å²) < 4.78 is 25.9.